The minimum absolute atomic E-state index is 0. The molecule has 6 heteroatoms. The lowest BCUT2D eigenvalue weighted by molar-refractivity contribution is 0.372. The van der Waals surface area contributed by atoms with Crippen LogP contribution in [0.2, 0.25) is 0 Å². The van der Waals surface area contributed by atoms with Gasteiger partial charge in [-0.15, -0.1) is 24.0 Å². The topological polar surface area (TPSA) is 43.8 Å². The lowest BCUT2D eigenvalue weighted by Crippen LogP contribution is -2.52. The van der Waals surface area contributed by atoms with Gasteiger partial charge in [0.2, 0.25) is 0 Å². The molecular weight excluding hydrogens is 437 g/mol. The summed E-state index contributed by atoms with van der Waals surface area (Å²) in [6.07, 6.45) is 4.65. The lowest BCUT2D eigenvalue weighted by Gasteiger charge is -2.37. The molecule has 1 aromatic heterocycles. The van der Waals surface area contributed by atoms with Crippen molar-refractivity contribution >= 4 is 35.6 Å². The second kappa shape index (κ2) is 11.0. The minimum atomic E-state index is 0. The van der Waals surface area contributed by atoms with Crippen LogP contribution in [-0.2, 0) is 6.42 Å². The van der Waals surface area contributed by atoms with E-state index in [-0.39, 0.29) is 24.0 Å². The number of aliphatic imine (C=N–C) groups is 1. The predicted octanol–water partition coefficient (Wildman–Crippen LogP) is 3.03. The number of para-hydroxylation sites is 1. The van der Waals surface area contributed by atoms with E-state index in [1.807, 2.05) is 18.5 Å². The van der Waals surface area contributed by atoms with Crippen LogP contribution < -0.4 is 10.2 Å². The van der Waals surface area contributed by atoms with Gasteiger partial charge >= 0.3 is 0 Å². The van der Waals surface area contributed by atoms with E-state index in [2.05, 4.69) is 63.4 Å². The summed E-state index contributed by atoms with van der Waals surface area (Å²) in [5.74, 6) is 1.03. The van der Waals surface area contributed by atoms with Gasteiger partial charge in [0, 0.05) is 57.3 Å². The van der Waals surface area contributed by atoms with Gasteiger partial charge in [-0.2, -0.15) is 0 Å². The summed E-state index contributed by atoms with van der Waals surface area (Å²) in [5, 5.41) is 3.43. The molecule has 3 rings (SSSR count). The molecule has 1 saturated heterocycles. The molecule has 0 radical (unpaired) electrons. The number of hydrogen-bond donors (Lipinski definition) is 1. The van der Waals surface area contributed by atoms with Crippen molar-refractivity contribution in [3.05, 3.63) is 60.4 Å². The van der Waals surface area contributed by atoms with Gasteiger partial charge in [-0.3, -0.25) is 9.98 Å². The van der Waals surface area contributed by atoms with Crippen LogP contribution in [0, 0.1) is 0 Å². The molecule has 26 heavy (non-hydrogen) atoms. The van der Waals surface area contributed by atoms with E-state index >= 15 is 0 Å². The van der Waals surface area contributed by atoms with Crippen LogP contribution in [-0.4, -0.2) is 55.1 Å². The van der Waals surface area contributed by atoms with Gasteiger partial charge in [-0.25, -0.2) is 0 Å². The quantitative estimate of drug-likeness (QED) is 0.419. The van der Waals surface area contributed by atoms with Gasteiger partial charge in [-0.1, -0.05) is 24.3 Å². The molecule has 0 saturated carbocycles. The zero-order chi connectivity index (χ0) is 17.3. The number of nitrogens with one attached hydrogen (secondary N) is 1. The highest BCUT2D eigenvalue weighted by Gasteiger charge is 2.19. The maximum absolute atomic E-state index is 4.82. The molecule has 1 aromatic carbocycles. The number of halogens is 1. The maximum atomic E-state index is 4.82. The molecule has 0 spiro atoms. The van der Waals surface area contributed by atoms with E-state index in [9.17, 15) is 0 Å². The Morgan fingerprint density at radius 2 is 1.85 bits per heavy atom. The monoisotopic (exact) mass is 465 g/mol. The molecule has 1 aliphatic heterocycles. The molecule has 140 valence electrons. The van der Waals surface area contributed by atoms with Crippen molar-refractivity contribution in [3.63, 3.8) is 0 Å². The fourth-order valence-electron chi connectivity index (χ4n) is 3.08. The van der Waals surface area contributed by atoms with Gasteiger partial charge in [0.25, 0.3) is 0 Å². The van der Waals surface area contributed by atoms with E-state index < -0.39 is 0 Å². The van der Waals surface area contributed by atoms with Gasteiger partial charge in [0.05, 0.1) is 0 Å². The molecule has 1 N–H and O–H groups in total. The van der Waals surface area contributed by atoms with Gasteiger partial charge in [-0.05, 0) is 37.1 Å². The molecule has 0 atom stereocenters. The van der Waals surface area contributed by atoms with Crippen molar-refractivity contribution in [2.75, 3.05) is 44.2 Å². The molecule has 5 nitrogen and oxygen atoms in total. The summed E-state index contributed by atoms with van der Waals surface area (Å²) in [6, 6.07) is 14.7. The second-order valence-corrected chi connectivity index (χ2v) is 6.16. The fourth-order valence-corrected chi connectivity index (χ4v) is 3.08. The van der Waals surface area contributed by atoms with E-state index in [0.717, 1.165) is 51.6 Å². The van der Waals surface area contributed by atoms with Crippen molar-refractivity contribution in [2.24, 2.45) is 4.99 Å². The average Bonchev–Trinajstić information content (AvgIpc) is 2.69. The first kappa shape index (κ1) is 20.5. The Balaban J connectivity index is 0.00000243. The van der Waals surface area contributed by atoms with E-state index in [4.69, 9.17) is 4.99 Å². The summed E-state index contributed by atoms with van der Waals surface area (Å²) in [6.45, 7) is 7.84. The number of benzene rings is 1. The smallest absolute Gasteiger partial charge is 0.194 e. The van der Waals surface area contributed by atoms with Crippen LogP contribution in [0.3, 0.4) is 0 Å². The molecule has 0 amide bonds. The van der Waals surface area contributed by atoms with Crippen LogP contribution in [0.4, 0.5) is 5.69 Å². The number of aromatic nitrogens is 1. The van der Waals surface area contributed by atoms with E-state index in [0.29, 0.717) is 0 Å². The standard InChI is InChI=1S/C20H27N5.HI/c1-2-22-20(23-12-10-18-7-6-11-21-17-18)25-15-13-24(14-16-25)19-8-4-3-5-9-19;/h3-9,11,17H,2,10,12-16H2,1H3,(H,22,23);1H. The zero-order valence-electron chi connectivity index (χ0n) is 15.3. The van der Waals surface area contributed by atoms with E-state index in [1.165, 1.54) is 11.3 Å². The molecule has 1 aliphatic rings. The Morgan fingerprint density at radius 3 is 2.50 bits per heavy atom. The number of anilines is 1. The number of hydrogen-bond acceptors (Lipinski definition) is 3. The SMILES string of the molecule is CCNC(=NCCc1cccnc1)N1CCN(c2ccccc2)CC1.I. The molecule has 2 aromatic rings. The van der Waals surface area contributed by atoms with Gasteiger partial charge < -0.3 is 15.1 Å². The van der Waals surface area contributed by atoms with Crippen molar-refractivity contribution in [1.82, 2.24) is 15.2 Å². The Morgan fingerprint density at radius 1 is 1.08 bits per heavy atom. The Labute approximate surface area is 173 Å². The molecule has 0 unspecified atom stereocenters. The van der Waals surface area contributed by atoms with Crippen LogP contribution >= 0.6 is 24.0 Å². The van der Waals surface area contributed by atoms with Gasteiger partial charge in [0.1, 0.15) is 0 Å². The fraction of sp³-hybridized carbons (Fsp3) is 0.400. The summed E-state index contributed by atoms with van der Waals surface area (Å²) in [4.78, 5) is 13.8. The van der Waals surface area contributed by atoms with Crippen molar-refractivity contribution in [1.29, 1.82) is 0 Å². The third-order valence-corrected chi connectivity index (χ3v) is 4.42. The summed E-state index contributed by atoms with van der Waals surface area (Å²) >= 11 is 0. The molecular formula is C20H28IN5. The van der Waals surface area contributed by atoms with Crippen LogP contribution in [0.5, 0.6) is 0 Å². The van der Waals surface area contributed by atoms with Crippen LogP contribution in [0.1, 0.15) is 12.5 Å². The number of rotatable bonds is 5. The normalized spacial score (nSPS) is 14.7. The Hall–Kier alpha value is -1.83. The first-order valence-electron chi connectivity index (χ1n) is 9.09. The van der Waals surface area contributed by atoms with E-state index in [1.54, 1.807) is 0 Å². The van der Waals surface area contributed by atoms with Crippen molar-refractivity contribution in [3.8, 4) is 0 Å². The Kier molecular flexibility index (Phi) is 8.67. The highest BCUT2D eigenvalue weighted by atomic mass is 127. The molecule has 2 heterocycles. The van der Waals surface area contributed by atoms with Gasteiger partial charge in [0.15, 0.2) is 5.96 Å². The maximum Gasteiger partial charge on any atom is 0.194 e. The number of pyridine rings is 1. The summed E-state index contributed by atoms with van der Waals surface area (Å²) < 4.78 is 0. The molecule has 0 aliphatic carbocycles. The summed E-state index contributed by atoms with van der Waals surface area (Å²) in [7, 11) is 0. The number of nitrogens with zero attached hydrogens (tertiary/aromatic N) is 4. The van der Waals surface area contributed by atoms with Crippen molar-refractivity contribution in [2.45, 2.75) is 13.3 Å². The molecule has 0 bridgehead atoms. The number of guanidine groups is 1. The minimum Gasteiger partial charge on any atom is -0.368 e. The third kappa shape index (κ3) is 5.86. The predicted molar refractivity (Wildman–Crippen MR) is 120 cm³/mol. The van der Waals surface area contributed by atoms with Crippen LogP contribution in [0.15, 0.2) is 59.9 Å². The first-order chi connectivity index (χ1) is 12.4. The lowest BCUT2D eigenvalue weighted by atomic mass is 10.2. The first-order valence-corrected chi connectivity index (χ1v) is 9.09. The third-order valence-electron chi connectivity index (χ3n) is 4.42. The summed E-state index contributed by atoms with van der Waals surface area (Å²) in [5.41, 5.74) is 2.54. The Bertz CT molecular complexity index is 654. The van der Waals surface area contributed by atoms with Crippen molar-refractivity contribution < 1.29 is 0 Å². The second-order valence-electron chi connectivity index (χ2n) is 6.16. The number of piperazine rings is 1. The largest absolute Gasteiger partial charge is 0.368 e. The van der Waals surface area contributed by atoms with Crippen LogP contribution in [0.25, 0.3) is 0 Å². The highest BCUT2D eigenvalue weighted by molar-refractivity contribution is 14.0. The zero-order valence-corrected chi connectivity index (χ0v) is 17.7. The average molecular weight is 465 g/mol. The molecule has 1 fully saturated rings. The highest BCUT2D eigenvalue weighted by Crippen LogP contribution is 2.15.